The van der Waals surface area contributed by atoms with Gasteiger partial charge in [-0.05, 0) is 49.1 Å². The molecule has 0 bridgehead atoms. The first-order valence-corrected chi connectivity index (χ1v) is 9.69. The Morgan fingerprint density at radius 2 is 1.96 bits per heavy atom. The van der Waals surface area contributed by atoms with Crippen molar-refractivity contribution in [1.29, 1.82) is 0 Å². The second-order valence-corrected chi connectivity index (χ2v) is 6.71. The summed E-state index contributed by atoms with van der Waals surface area (Å²) in [4.78, 5) is 8.45. The van der Waals surface area contributed by atoms with Gasteiger partial charge in [0.05, 0.1) is 6.61 Å². The van der Waals surface area contributed by atoms with Crippen molar-refractivity contribution in [2.24, 2.45) is 4.99 Å². The molecule has 0 saturated carbocycles. The monoisotopic (exact) mass is 384 g/mol. The van der Waals surface area contributed by atoms with Crippen molar-refractivity contribution >= 4 is 5.96 Å². The van der Waals surface area contributed by atoms with Crippen molar-refractivity contribution in [2.45, 2.75) is 33.2 Å². The predicted molar refractivity (Wildman–Crippen MR) is 114 cm³/mol. The number of guanidine groups is 1. The largest absolute Gasteiger partial charge is 0.493 e. The van der Waals surface area contributed by atoms with Gasteiger partial charge in [0, 0.05) is 58.2 Å². The highest BCUT2D eigenvalue weighted by atomic mass is 16.5. The highest BCUT2D eigenvalue weighted by molar-refractivity contribution is 5.79. The molecule has 0 unspecified atom stereocenters. The Kier molecular flexibility index (Phi) is 9.28. The van der Waals surface area contributed by atoms with E-state index < -0.39 is 0 Å². The van der Waals surface area contributed by atoms with Gasteiger partial charge < -0.3 is 20.1 Å². The number of pyridine rings is 1. The van der Waals surface area contributed by atoms with Crippen LogP contribution in [0.2, 0.25) is 0 Å². The molecule has 28 heavy (non-hydrogen) atoms. The van der Waals surface area contributed by atoms with Crippen molar-refractivity contribution in [2.75, 3.05) is 33.9 Å². The maximum Gasteiger partial charge on any atom is 0.191 e. The van der Waals surface area contributed by atoms with Gasteiger partial charge in [-0.25, -0.2) is 0 Å². The number of aliphatic imine (C=N–C) groups is 1. The number of aromatic nitrogens is 1. The van der Waals surface area contributed by atoms with Crippen LogP contribution in [0.1, 0.15) is 28.7 Å². The number of hydrogen-bond acceptors (Lipinski definition) is 4. The maximum absolute atomic E-state index is 5.95. The highest BCUT2D eigenvalue weighted by Crippen LogP contribution is 2.20. The van der Waals surface area contributed by atoms with E-state index >= 15 is 0 Å². The topological polar surface area (TPSA) is 67.8 Å². The van der Waals surface area contributed by atoms with E-state index in [2.05, 4.69) is 58.7 Å². The number of aryl methyl sites for hydroxylation is 2. The van der Waals surface area contributed by atoms with Crippen molar-refractivity contribution in [1.82, 2.24) is 15.6 Å². The second-order valence-electron chi connectivity index (χ2n) is 6.71. The Morgan fingerprint density at radius 1 is 1.11 bits per heavy atom. The molecule has 1 heterocycles. The normalized spacial score (nSPS) is 11.4. The van der Waals surface area contributed by atoms with E-state index in [1.807, 2.05) is 12.4 Å². The van der Waals surface area contributed by atoms with Crippen LogP contribution in [0.5, 0.6) is 5.75 Å². The number of rotatable bonds is 10. The zero-order chi connectivity index (χ0) is 20.2. The molecule has 1 aromatic carbocycles. The molecule has 1 aromatic heterocycles. The summed E-state index contributed by atoms with van der Waals surface area (Å²) in [5.41, 5.74) is 4.79. The summed E-state index contributed by atoms with van der Waals surface area (Å²) in [5.74, 6) is 1.68. The summed E-state index contributed by atoms with van der Waals surface area (Å²) in [6.45, 7) is 6.95. The van der Waals surface area contributed by atoms with E-state index in [1.165, 1.54) is 16.7 Å². The molecule has 0 aliphatic carbocycles. The van der Waals surface area contributed by atoms with Crippen LogP contribution in [0.25, 0.3) is 0 Å². The third-order valence-electron chi connectivity index (χ3n) is 4.47. The second kappa shape index (κ2) is 12.0. The number of ether oxygens (including phenoxy) is 2. The van der Waals surface area contributed by atoms with E-state index in [1.54, 1.807) is 14.2 Å². The molecule has 6 nitrogen and oxygen atoms in total. The number of nitrogens with zero attached hydrogens (tertiary/aromatic N) is 2. The van der Waals surface area contributed by atoms with Crippen LogP contribution in [-0.2, 0) is 17.7 Å². The molecule has 0 radical (unpaired) electrons. The molecule has 0 aliphatic rings. The third kappa shape index (κ3) is 7.19. The average Bonchev–Trinajstić information content (AvgIpc) is 2.70. The minimum atomic E-state index is 0.641. The van der Waals surface area contributed by atoms with Crippen LogP contribution in [0.15, 0.2) is 41.7 Å². The third-order valence-corrected chi connectivity index (χ3v) is 4.47. The molecule has 2 rings (SSSR count). The Labute approximate surface area is 168 Å². The highest BCUT2D eigenvalue weighted by Gasteiger charge is 2.06. The average molecular weight is 385 g/mol. The molecule has 0 fully saturated rings. The SMILES string of the molecule is CN=C(NCCc1ccncc1C)NCc1ccc(C)cc1OCCCOC. The van der Waals surface area contributed by atoms with E-state index in [0.717, 1.165) is 36.7 Å². The summed E-state index contributed by atoms with van der Waals surface area (Å²) >= 11 is 0. The minimum Gasteiger partial charge on any atom is -0.493 e. The Morgan fingerprint density at radius 3 is 2.71 bits per heavy atom. The standard InChI is InChI=1S/C22H32N4O2/c1-17-6-7-20(21(14-17)28-13-5-12-27-4)16-26-22(23-3)25-11-9-19-8-10-24-15-18(19)2/h6-8,10,14-15H,5,9,11-13,16H2,1-4H3,(H2,23,25,26). The molecule has 0 spiro atoms. The van der Waals surface area contributed by atoms with Gasteiger partial charge in [0.2, 0.25) is 0 Å². The van der Waals surface area contributed by atoms with Crippen LogP contribution in [-0.4, -0.2) is 44.9 Å². The number of nitrogens with one attached hydrogen (secondary N) is 2. The van der Waals surface area contributed by atoms with E-state index in [0.29, 0.717) is 19.8 Å². The molecule has 0 aliphatic heterocycles. The van der Waals surface area contributed by atoms with Crippen molar-refractivity contribution in [3.8, 4) is 5.75 Å². The van der Waals surface area contributed by atoms with E-state index in [4.69, 9.17) is 9.47 Å². The predicted octanol–water partition coefficient (Wildman–Crippen LogP) is 3.02. The smallest absolute Gasteiger partial charge is 0.191 e. The first kappa shape index (κ1) is 21.7. The first-order valence-electron chi connectivity index (χ1n) is 9.69. The lowest BCUT2D eigenvalue weighted by atomic mass is 10.1. The van der Waals surface area contributed by atoms with Gasteiger partial charge in [-0.2, -0.15) is 0 Å². The van der Waals surface area contributed by atoms with Gasteiger partial charge in [-0.1, -0.05) is 12.1 Å². The number of hydrogen-bond donors (Lipinski definition) is 2. The van der Waals surface area contributed by atoms with Crippen LogP contribution < -0.4 is 15.4 Å². The lowest BCUT2D eigenvalue weighted by molar-refractivity contribution is 0.172. The quantitative estimate of drug-likeness (QED) is 0.374. The van der Waals surface area contributed by atoms with Gasteiger partial charge >= 0.3 is 0 Å². The van der Waals surface area contributed by atoms with Crippen molar-refractivity contribution in [3.05, 3.63) is 58.9 Å². The fraction of sp³-hybridized carbons (Fsp3) is 0.455. The maximum atomic E-state index is 5.95. The van der Waals surface area contributed by atoms with Crippen LogP contribution in [0.3, 0.4) is 0 Å². The molecule has 0 amide bonds. The molecule has 0 saturated heterocycles. The van der Waals surface area contributed by atoms with Gasteiger partial charge in [-0.3, -0.25) is 9.98 Å². The zero-order valence-corrected chi connectivity index (χ0v) is 17.4. The van der Waals surface area contributed by atoms with Gasteiger partial charge in [0.15, 0.2) is 5.96 Å². The van der Waals surface area contributed by atoms with Crippen molar-refractivity contribution < 1.29 is 9.47 Å². The lowest BCUT2D eigenvalue weighted by Gasteiger charge is -2.16. The fourth-order valence-corrected chi connectivity index (χ4v) is 2.83. The Bertz CT molecular complexity index is 762. The summed E-state index contributed by atoms with van der Waals surface area (Å²) < 4.78 is 11.0. The lowest BCUT2D eigenvalue weighted by Crippen LogP contribution is -2.38. The van der Waals surface area contributed by atoms with Crippen LogP contribution in [0, 0.1) is 13.8 Å². The molecule has 0 atom stereocenters. The Hall–Kier alpha value is -2.60. The summed E-state index contributed by atoms with van der Waals surface area (Å²) in [6.07, 6.45) is 5.53. The summed E-state index contributed by atoms with van der Waals surface area (Å²) in [7, 11) is 3.49. The molecule has 2 N–H and O–H groups in total. The molecule has 2 aromatic rings. The molecular formula is C22H32N4O2. The number of methoxy groups -OCH3 is 1. The number of benzene rings is 1. The summed E-state index contributed by atoms with van der Waals surface area (Å²) in [5, 5.41) is 6.74. The van der Waals surface area contributed by atoms with Crippen LogP contribution in [0.4, 0.5) is 0 Å². The van der Waals surface area contributed by atoms with Gasteiger partial charge in [-0.15, -0.1) is 0 Å². The first-order chi connectivity index (χ1) is 13.6. The van der Waals surface area contributed by atoms with E-state index in [9.17, 15) is 0 Å². The van der Waals surface area contributed by atoms with Crippen molar-refractivity contribution in [3.63, 3.8) is 0 Å². The van der Waals surface area contributed by atoms with E-state index in [-0.39, 0.29) is 0 Å². The minimum absolute atomic E-state index is 0.641. The fourth-order valence-electron chi connectivity index (χ4n) is 2.83. The summed E-state index contributed by atoms with van der Waals surface area (Å²) in [6, 6.07) is 8.34. The van der Waals surface area contributed by atoms with Crippen LogP contribution >= 0.6 is 0 Å². The molecule has 6 heteroatoms. The zero-order valence-electron chi connectivity index (χ0n) is 17.4. The molecular weight excluding hydrogens is 352 g/mol. The van der Waals surface area contributed by atoms with Gasteiger partial charge in [0.1, 0.15) is 5.75 Å². The molecule has 152 valence electrons. The van der Waals surface area contributed by atoms with Gasteiger partial charge in [0.25, 0.3) is 0 Å². The Balaban J connectivity index is 1.86.